The summed E-state index contributed by atoms with van der Waals surface area (Å²) in [5, 5.41) is 2.96. The number of carbonyl (C=O) groups excluding carboxylic acids is 1. The van der Waals surface area contributed by atoms with Crippen LogP contribution in [0.3, 0.4) is 0 Å². The molecule has 1 atom stereocenters. The molecule has 0 spiro atoms. The Hall–Kier alpha value is -1.60. The van der Waals surface area contributed by atoms with E-state index in [0.29, 0.717) is 24.6 Å². The minimum atomic E-state index is -3.72. The smallest absolute Gasteiger partial charge is 0.251 e. The highest BCUT2D eigenvalue weighted by molar-refractivity contribution is 7.89. The van der Waals surface area contributed by atoms with Crippen LogP contribution in [0.15, 0.2) is 23.1 Å². The lowest BCUT2D eigenvalue weighted by Gasteiger charge is -2.32. The molecule has 1 aliphatic heterocycles. The molecular formula is C22H34N2O4S. The van der Waals surface area contributed by atoms with Gasteiger partial charge < -0.3 is 10.1 Å². The first-order valence-corrected chi connectivity index (χ1v) is 12.4. The van der Waals surface area contributed by atoms with Crippen LogP contribution < -0.4 is 10.1 Å². The maximum Gasteiger partial charge on any atom is 0.251 e. The van der Waals surface area contributed by atoms with Crippen molar-refractivity contribution < 1.29 is 17.9 Å². The number of methoxy groups -OCH3 is 1. The van der Waals surface area contributed by atoms with Crippen LogP contribution in [0.1, 0.15) is 75.1 Å². The highest BCUT2D eigenvalue weighted by atomic mass is 32.2. The molecule has 29 heavy (non-hydrogen) atoms. The molecule has 1 amide bonds. The molecule has 1 saturated carbocycles. The van der Waals surface area contributed by atoms with E-state index in [0.717, 1.165) is 25.7 Å². The van der Waals surface area contributed by atoms with Crippen LogP contribution in [0.4, 0.5) is 0 Å². The minimum Gasteiger partial charge on any atom is -0.495 e. The number of nitrogens with zero attached hydrogens (tertiary/aromatic N) is 1. The average molecular weight is 423 g/mol. The molecule has 1 aliphatic carbocycles. The van der Waals surface area contributed by atoms with Crippen molar-refractivity contribution in [3.8, 4) is 5.75 Å². The minimum absolute atomic E-state index is 0.0496. The van der Waals surface area contributed by atoms with Crippen LogP contribution in [0, 0.1) is 5.92 Å². The van der Waals surface area contributed by atoms with Crippen LogP contribution in [-0.4, -0.2) is 44.9 Å². The van der Waals surface area contributed by atoms with Gasteiger partial charge in [0.05, 0.1) is 7.11 Å². The summed E-state index contributed by atoms with van der Waals surface area (Å²) in [5.74, 6) is 0.740. The second-order valence-electron chi connectivity index (χ2n) is 8.37. The molecule has 0 bridgehead atoms. The molecule has 2 fully saturated rings. The van der Waals surface area contributed by atoms with Gasteiger partial charge in [-0.25, -0.2) is 8.42 Å². The highest BCUT2D eigenvalue weighted by Crippen LogP contribution is 2.32. The Kier molecular flexibility index (Phi) is 7.57. The number of rotatable bonds is 7. The highest BCUT2D eigenvalue weighted by Gasteiger charge is 2.33. The summed E-state index contributed by atoms with van der Waals surface area (Å²) in [5.41, 5.74) is 0.359. The van der Waals surface area contributed by atoms with Gasteiger partial charge in [0, 0.05) is 24.7 Å². The first-order valence-electron chi connectivity index (χ1n) is 10.9. The fourth-order valence-electron chi connectivity index (χ4n) is 4.54. The number of carbonyl (C=O) groups is 1. The number of hydrogen-bond donors (Lipinski definition) is 1. The molecule has 0 aromatic heterocycles. The molecule has 6 nitrogen and oxygen atoms in total. The average Bonchev–Trinajstić information content (AvgIpc) is 2.74. The summed E-state index contributed by atoms with van der Waals surface area (Å²) < 4.78 is 33.4. The normalized spacial score (nSPS) is 21.7. The number of amides is 1. The van der Waals surface area contributed by atoms with Gasteiger partial charge in [0.1, 0.15) is 10.6 Å². The van der Waals surface area contributed by atoms with E-state index in [2.05, 4.69) is 5.32 Å². The van der Waals surface area contributed by atoms with Crippen LogP contribution in [0.2, 0.25) is 0 Å². The van der Waals surface area contributed by atoms with Gasteiger partial charge in [-0.1, -0.05) is 38.5 Å². The molecule has 162 valence electrons. The maximum atomic E-state index is 13.3. The molecule has 1 N–H and O–H groups in total. The third kappa shape index (κ3) is 5.31. The van der Waals surface area contributed by atoms with Gasteiger partial charge in [-0.15, -0.1) is 0 Å². The monoisotopic (exact) mass is 422 g/mol. The molecule has 3 rings (SSSR count). The van der Waals surface area contributed by atoms with Crippen molar-refractivity contribution >= 4 is 15.9 Å². The molecular weight excluding hydrogens is 388 g/mol. The number of sulfonamides is 1. The van der Waals surface area contributed by atoms with Gasteiger partial charge in [0.2, 0.25) is 10.0 Å². The second kappa shape index (κ2) is 9.94. The fourth-order valence-corrected chi connectivity index (χ4v) is 6.43. The third-order valence-electron chi connectivity index (χ3n) is 6.32. The topological polar surface area (TPSA) is 75.7 Å². The largest absolute Gasteiger partial charge is 0.495 e. The van der Waals surface area contributed by atoms with E-state index >= 15 is 0 Å². The summed E-state index contributed by atoms with van der Waals surface area (Å²) in [6.07, 6.45) is 10.1. The number of nitrogens with one attached hydrogen (secondary N) is 1. The molecule has 1 unspecified atom stereocenters. The first kappa shape index (κ1) is 22.1. The van der Waals surface area contributed by atoms with Gasteiger partial charge in [-0.3, -0.25) is 4.79 Å². The van der Waals surface area contributed by atoms with Crippen molar-refractivity contribution in [1.29, 1.82) is 0 Å². The fraction of sp³-hybridized carbons (Fsp3) is 0.682. The first-order chi connectivity index (χ1) is 13.9. The van der Waals surface area contributed by atoms with Crippen LogP contribution >= 0.6 is 0 Å². The summed E-state index contributed by atoms with van der Waals surface area (Å²) >= 11 is 0. The van der Waals surface area contributed by atoms with E-state index in [1.165, 1.54) is 45.3 Å². The Bertz CT molecular complexity index is 803. The second-order valence-corrected chi connectivity index (χ2v) is 10.2. The zero-order chi connectivity index (χ0) is 20.9. The Morgan fingerprint density at radius 2 is 1.86 bits per heavy atom. The van der Waals surface area contributed by atoms with E-state index in [-0.39, 0.29) is 22.6 Å². The Morgan fingerprint density at radius 3 is 2.55 bits per heavy atom. The molecule has 1 heterocycles. The van der Waals surface area contributed by atoms with Gasteiger partial charge in [-0.05, 0) is 50.3 Å². The number of piperidine rings is 1. The van der Waals surface area contributed by atoms with E-state index in [9.17, 15) is 13.2 Å². The summed E-state index contributed by atoms with van der Waals surface area (Å²) in [6.45, 7) is 3.07. The lowest BCUT2D eigenvalue weighted by atomic mass is 9.87. The summed E-state index contributed by atoms with van der Waals surface area (Å²) in [4.78, 5) is 12.7. The van der Waals surface area contributed by atoms with Crippen molar-refractivity contribution in [1.82, 2.24) is 9.62 Å². The summed E-state index contributed by atoms with van der Waals surface area (Å²) in [6, 6.07) is 4.63. The van der Waals surface area contributed by atoms with Crippen molar-refractivity contribution in [2.75, 3.05) is 20.2 Å². The van der Waals surface area contributed by atoms with Gasteiger partial charge in [0.15, 0.2) is 0 Å². The molecule has 1 aromatic carbocycles. The lowest BCUT2D eigenvalue weighted by molar-refractivity contribution is 0.0950. The quantitative estimate of drug-likeness (QED) is 0.722. The molecule has 1 aromatic rings. The molecule has 2 aliphatic rings. The summed E-state index contributed by atoms with van der Waals surface area (Å²) in [7, 11) is -2.26. The molecule has 0 radical (unpaired) electrons. The number of benzene rings is 1. The maximum absolute atomic E-state index is 13.3. The third-order valence-corrected chi connectivity index (χ3v) is 8.35. The van der Waals surface area contributed by atoms with Crippen LogP contribution in [0.5, 0.6) is 5.75 Å². The lowest BCUT2D eigenvalue weighted by Crippen LogP contribution is -2.42. The predicted octanol–water partition coefficient (Wildman–Crippen LogP) is 3.96. The van der Waals surface area contributed by atoms with Crippen molar-refractivity contribution in [2.24, 2.45) is 5.92 Å². The Balaban J connectivity index is 1.73. The van der Waals surface area contributed by atoms with Gasteiger partial charge in [0.25, 0.3) is 5.91 Å². The predicted molar refractivity (Wildman–Crippen MR) is 114 cm³/mol. The zero-order valence-electron chi connectivity index (χ0n) is 17.7. The van der Waals surface area contributed by atoms with E-state index in [1.807, 2.05) is 6.92 Å². The van der Waals surface area contributed by atoms with Crippen LogP contribution in [-0.2, 0) is 10.0 Å². The van der Waals surface area contributed by atoms with E-state index < -0.39 is 10.0 Å². The Morgan fingerprint density at radius 1 is 1.14 bits per heavy atom. The van der Waals surface area contributed by atoms with Crippen molar-refractivity contribution in [2.45, 2.75) is 75.6 Å². The SMILES string of the molecule is COc1ccc(C(=O)NCCC2CCCCC2)cc1S(=O)(=O)N1CCCCC1C. The Labute approximate surface area is 175 Å². The number of ether oxygens (including phenoxy) is 1. The number of hydrogen-bond acceptors (Lipinski definition) is 4. The van der Waals surface area contributed by atoms with Crippen molar-refractivity contribution in [3.05, 3.63) is 23.8 Å². The van der Waals surface area contributed by atoms with Gasteiger partial charge >= 0.3 is 0 Å². The molecule has 7 heteroatoms. The standard InChI is InChI=1S/C22H34N2O4S/c1-17-8-6-7-15-24(17)29(26,27)21-16-19(11-12-20(21)28-2)22(25)23-14-13-18-9-4-3-5-10-18/h11-12,16-18H,3-10,13-15H2,1-2H3,(H,23,25). The van der Waals surface area contributed by atoms with Crippen LogP contribution in [0.25, 0.3) is 0 Å². The van der Waals surface area contributed by atoms with E-state index in [1.54, 1.807) is 16.4 Å². The van der Waals surface area contributed by atoms with Crippen molar-refractivity contribution in [3.63, 3.8) is 0 Å². The van der Waals surface area contributed by atoms with E-state index in [4.69, 9.17) is 4.74 Å². The molecule has 1 saturated heterocycles. The zero-order valence-corrected chi connectivity index (χ0v) is 18.5. The van der Waals surface area contributed by atoms with Gasteiger partial charge in [-0.2, -0.15) is 4.31 Å².